The Kier molecular flexibility index (Phi) is 5.61. The molecule has 1 unspecified atom stereocenters. The molecule has 134 valence electrons. The second kappa shape index (κ2) is 7.91. The Balaban J connectivity index is 2.02. The molecule has 0 aliphatic heterocycles. The Morgan fingerprint density at radius 1 is 1.19 bits per heavy atom. The Morgan fingerprint density at radius 3 is 2.73 bits per heavy atom. The minimum atomic E-state index is -1.04. The summed E-state index contributed by atoms with van der Waals surface area (Å²) < 4.78 is 0. The Morgan fingerprint density at radius 2 is 2.00 bits per heavy atom. The molecule has 0 aliphatic carbocycles. The van der Waals surface area contributed by atoms with Crippen molar-refractivity contribution in [2.45, 2.75) is 6.10 Å². The van der Waals surface area contributed by atoms with E-state index in [9.17, 15) is 15.0 Å². The van der Waals surface area contributed by atoms with Gasteiger partial charge in [0.1, 0.15) is 0 Å². The average molecular weight is 391 g/mol. The number of rotatable bonds is 6. The molecular weight excluding hydrogens is 375 g/mol. The van der Waals surface area contributed by atoms with Crippen molar-refractivity contribution in [3.63, 3.8) is 0 Å². The molecule has 5 nitrogen and oxygen atoms in total. The van der Waals surface area contributed by atoms with E-state index in [2.05, 4.69) is 10.3 Å². The maximum atomic E-state index is 11.7. The number of aromatic carboxylic acids is 1. The lowest BCUT2D eigenvalue weighted by atomic mass is 10.0. The van der Waals surface area contributed by atoms with E-state index in [1.54, 1.807) is 18.2 Å². The maximum Gasteiger partial charge on any atom is 0.336 e. The third-order valence-electron chi connectivity index (χ3n) is 3.88. The first-order chi connectivity index (χ1) is 12.5. The number of nitrogens with one attached hydrogen (secondary N) is 1. The molecule has 0 fully saturated rings. The van der Waals surface area contributed by atoms with Crippen LogP contribution in [-0.2, 0) is 0 Å². The zero-order valence-electron chi connectivity index (χ0n) is 13.6. The first-order valence-corrected chi connectivity index (χ1v) is 8.81. The van der Waals surface area contributed by atoms with E-state index in [1.807, 2.05) is 24.3 Å². The van der Waals surface area contributed by atoms with Crippen molar-refractivity contribution >= 4 is 45.8 Å². The van der Waals surface area contributed by atoms with Crippen molar-refractivity contribution in [2.24, 2.45) is 0 Å². The molecule has 0 saturated heterocycles. The number of carbonyl (C=O) groups is 1. The number of halogens is 2. The average Bonchev–Trinajstić information content (AvgIpc) is 2.65. The SMILES string of the molecule is O=C(O)c1cc(-c2cccc(NCC(O)CCl)c2)nc2ccc(Cl)cc12. The largest absolute Gasteiger partial charge is 0.478 e. The normalized spacial score (nSPS) is 12.1. The van der Waals surface area contributed by atoms with Gasteiger partial charge < -0.3 is 15.5 Å². The number of carboxylic acids is 1. The van der Waals surface area contributed by atoms with Gasteiger partial charge in [0, 0.05) is 28.2 Å². The van der Waals surface area contributed by atoms with Crippen LogP contribution in [-0.4, -0.2) is 39.7 Å². The molecule has 0 amide bonds. The summed E-state index contributed by atoms with van der Waals surface area (Å²) in [5.41, 5.74) is 2.78. The first kappa shape index (κ1) is 18.5. The molecule has 3 rings (SSSR count). The van der Waals surface area contributed by atoms with Gasteiger partial charge >= 0.3 is 5.97 Å². The van der Waals surface area contributed by atoms with Crippen LogP contribution in [0.3, 0.4) is 0 Å². The van der Waals surface area contributed by atoms with Crippen LogP contribution in [0.2, 0.25) is 5.02 Å². The van der Waals surface area contributed by atoms with E-state index >= 15 is 0 Å². The van der Waals surface area contributed by atoms with Gasteiger partial charge in [0.15, 0.2) is 0 Å². The fourth-order valence-electron chi connectivity index (χ4n) is 2.60. The molecule has 0 aliphatic rings. The monoisotopic (exact) mass is 390 g/mol. The zero-order valence-corrected chi connectivity index (χ0v) is 15.1. The van der Waals surface area contributed by atoms with Crippen LogP contribution in [0.1, 0.15) is 10.4 Å². The molecule has 1 heterocycles. The highest BCUT2D eigenvalue weighted by Crippen LogP contribution is 2.28. The topological polar surface area (TPSA) is 82.5 Å². The van der Waals surface area contributed by atoms with Gasteiger partial charge in [0.25, 0.3) is 0 Å². The number of aromatic nitrogens is 1. The number of aliphatic hydroxyl groups excluding tert-OH is 1. The fourth-order valence-corrected chi connectivity index (χ4v) is 2.88. The highest BCUT2D eigenvalue weighted by Gasteiger charge is 2.14. The minimum Gasteiger partial charge on any atom is -0.478 e. The third kappa shape index (κ3) is 4.07. The molecular formula is C19H16Cl2N2O3. The standard InChI is InChI=1S/C19H16Cl2N2O3/c20-9-14(24)10-22-13-3-1-2-11(6-13)18-8-16(19(25)26)15-7-12(21)4-5-17(15)23-18/h1-8,14,22,24H,9-10H2,(H,25,26). The molecule has 0 saturated carbocycles. The van der Waals surface area contributed by atoms with E-state index in [1.165, 1.54) is 6.07 Å². The van der Waals surface area contributed by atoms with Crippen molar-refractivity contribution in [1.82, 2.24) is 4.98 Å². The second-order valence-electron chi connectivity index (χ2n) is 5.79. The number of fused-ring (bicyclic) bond motifs is 1. The lowest BCUT2D eigenvalue weighted by Crippen LogP contribution is -2.20. The van der Waals surface area contributed by atoms with Gasteiger partial charge in [-0.05, 0) is 36.4 Å². The maximum absolute atomic E-state index is 11.7. The molecule has 1 atom stereocenters. The summed E-state index contributed by atoms with van der Waals surface area (Å²) in [4.78, 5) is 16.2. The van der Waals surface area contributed by atoms with E-state index in [0.29, 0.717) is 28.2 Å². The Labute approximate surface area is 160 Å². The number of nitrogens with zero attached hydrogens (tertiary/aromatic N) is 1. The smallest absolute Gasteiger partial charge is 0.336 e. The Bertz CT molecular complexity index is 963. The molecule has 0 bridgehead atoms. The van der Waals surface area contributed by atoms with Crippen LogP contribution < -0.4 is 5.32 Å². The number of anilines is 1. The molecule has 7 heteroatoms. The fraction of sp³-hybridized carbons (Fsp3) is 0.158. The number of hydrogen-bond acceptors (Lipinski definition) is 4. The van der Waals surface area contributed by atoms with Crippen LogP contribution in [0.4, 0.5) is 5.69 Å². The van der Waals surface area contributed by atoms with Crippen molar-refractivity contribution in [3.8, 4) is 11.3 Å². The number of hydrogen-bond donors (Lipinski definition) is 3. The number of benzene rings is 2. The second-order valence-corrected chi connectivity index (χ2v) is 6.54. The van der Waals surface area contributed by atoms with E-state index in [0.717, 1.165) is 11.3 Å². The van der Waals surface area contributed by atoms with Crippen LogP contribution in [0.25, 0.3) is 22.2 Å². The highest BCUT2D eigenvalue weighted by molar-refractivity contribution is 6.31. The summed E-state index contributed by atoms with van der Waals surface area (Å²) in [7, 11) is 0. The van der Waals surface area contributed by atoms with Crippen molar-refractivity contribution in [3.05, 3.63) is 59.1 Å². The molecule has 2 aromatic carbocycles. The van der Waals surface area contributed by atoms with E-state index in [4.69, 9.17) is 23.2 Å². The van der Waals surface area contributed by atoms with Gasteiger partial charge in [-0.3, -0.25) is 0 Å². The summed E-state index contributed by atoms with van der Waals surface area (Å²) in [5.74, 6) is -0.899. The summed E-state index contributed by atoms with van der Waals surface area (Å²) in [6.07, 6.45) is -0.650. The summed E-state index contributed by atoms with van der Waals surface area (Å²) in [6, 6.07) is 13.9. The lowest BCUT2D eigenvalue weighted by Gasteiger charge is -2.12. The summed E-state index contributed by atoms with van der Waals surface area (Å²) in [5, 5.41) is 23.2. The van der Waals surface area contributed by atoms with E-state index in [-0.39, 0.29) is 11.4 Å². The number of alkyl halides is 1. The van der Waals surface area contributed by atoms with Gasteiger partial charge in [-0.2, -0.15) is 0 Å². The molecule has 0 radical (unpaired) electrons. The minimum absolute atomic E-state index is 0.142. The lowest BCUT2D eigenvalue weighted by molar-refractivity contribution is 0.0699. The Hall–Kier alpha value is -2.34. The summed E-state index contributed by atoms with van der Waals surface area (Å²) in [6.45, 7) is 0.316. The number of pyridine rings is 1. The van der Waals surface area contributed by atoms with Crippen LogP contribution in [0, 0.1) is 0 Å². The third-order valence-corrected chi connectivity index (χ3v) is 4.47. The van der Waals surface area contributed by atoms with Gasteiger partial charge in [0.05, 0.1) is 28.8 Å². The van der Waals surface area contributed by atoms with Crippen molar-refractivity contribution < 1.29 is 15.0 Å². The van der Waals surface area contributed by atoms with Crippen molar-refractivity contribution in [1.29, 1.82) is 0 Å². The molecule has 1 aromatic heterocycles. The molecule has 3 N–H and O–H groups in total. The predicted molar refractivity (Wildman–Crippen MR) is 104 cm³/mol. The highest BCUT2D eigenvalue weighted by atomic mass is 35.5. The van der Waals surface area contributed by atoms with Crippen molar-refractivity contribution in [2.75, 3.05) is 17.7 Å². The van der Waals surface area contributed by atoms with Gasteiger partial charge in [0.2, 0.25) is 0 Å². The van der Waals surface area contributed by atoms with Gasteiger partial charge in [-0.15, -0.1) is 11.6 Å². The number of aliphatic hydroxyl groups is 1. The van der Waals surface area contributed by atoms with Crippen LogP contribution >= 0.6 is 23.2 Å². The van der Waals surface area contributed by atoms with Crippen LogP contribution in [0.15, 0.2) is 48.5 Å². The molecule has 26 heavy (non-hydrogen) atoms. The number of carboxylic acid groups (broad SMARTS) is 1. The molecule has 0 spiro atoms. The quantitative estimate of drug-likeness (QED) is 0.547. The first-order valence-electron chi connectivity index (χ1n) is 7.90. The van der Waals surface area contributed by atoms with Gasteiger partial charge in [-0.25, -0.2) is 9.78 Å². The predicted octanol–water partition coefficient (Wildman–Crippen LogP) is 4.27. The zero-order chi connectivity index (χ0) is 18.7. The van der Waals surface area contributed by atoms with Gasteiger partial charge in [-0.1, -0.05) is 23.7 Å². The molecule has 3 aromatic rings. The van der Waals surface area contributed by atoms with Crippen LogP contribution in [0.5, 0.6) is 0 Å². The van der Waals surface area contributed by atoms with E-state index < -0.39 is 12.1 Å². The summed E-state index contributed by atoms with van der Waals surface area (Å²) >= 11 is 11.6.